The van der Waals surface area contributed by atoms with Crippen molar-refractivity contribution < 1.29 is 79.2 Å². The van der Waals surface area contributed by atoms with Crippen LogP contribution in [-0.4, -0.2) is 96.4 Å². The first-order valence-electron chi connectivity index (χ1n) is 15.0. The maximum Gasteiger partial charge on any atom is 0.335 e. The van der Waals surface area contributed by atoms with Crippen molar-refractivity contribution in [2.24, 2.45) is 0 Å². The fraction of sp³-hybridized carbons (Fsp3) is 0. The van der Waals surface area contributed by atoms with Crippen molar-refractivity contribution in [3.05, 3.63) is 131 Å². The molecule has 276 valence electrons. The average Bonchev–Trinajstić information content (AvgIpc) is 3.17. The molecule has 0 saturated carbocycles. The molecule has 6 N–H and O–H groups in total. The number of carbonyl (C=O) groups is 6. The molecular weight excluding hydrogens is 899 g/mol. The molecule has 0 aliphatic heterocycles. The third-order valence-electron chi connectivity index (χ3n) is 7.22. The summed E-state index contributed by atoms with van der Waals surface area (Å²) in [7, 11) is 0. The molecule has 0 radical (unpaired) electrons. The molecule has 0 bridgehead atoms. The third kappa shape index (κ3) is 9.82. The molecule has 6 aromatic heterocycles. The molecule has 0 aliphatic carbocycles. The molecule has 0 fully saturated rings. The maximum atomic E-state index is 11.8. The van der Waals surface area contributed by atoms with E-state index in [9.17, 15) is 49.2 Å². The summed E-state index contributed by atoms with van der Waals surface area (Å²) in [5.41, 5.74) is 0.239. The van der Waals surface area contributed by atoms with Gasteiger partial charge in [-0.25, -0.2) is 38.7 Å². The Morgan fingerprint density at radius 3 is 0.709 bits per heavy atom. The van der Waals surface area contributed by atoms with E-state index in [1.165, 1.54) is 97.6 Å². The van der Waals surface area contributed by atoms with Crippen molar-refractivity contribution in [1.29, 1.82) is 0 Å². The topological polar surface area (TPSA) is 301 Å². The van der Waals surface area contributed by atoms with E-state index in [1.807, 2.05) is 0 Å². The summed E-state index contributed by atoms with van der Waals surface area (Å²) < 4.78 is 0. The van der Waals surface area contributed by atoms with Gasteiger partial charge in [0.25, 0.3) is 0 Å². The third-order valence-corrected chi connectivity index (χ3v) is 7.22. The number of aromatic nitrogens is 6. The van der Waals surface area contributed by atoms with Crippen LogP contribution in [0.25, 0.3) is 45.6 Å². The van der Waals surface area contributed by atoms with Crippen LogP contribution < -0.4 is 0 Å². The first-order valence-corrected chi connectivity index (χ1v) is 15.0. The van der Waals surface area contributed by atoms with Crippen LogP contribution in [0.4, 0.5) is 0 Å². The Bertz CT molecular complexity index is 2340. The first-order chi connectivity index (χ1) is 25.7. The molecule has 6 heterocycles. The summed E-state index contributed by atoms with van der Waals surface area (Å²) in [5, 5.41) is 55.4. The van der Waals surface area contributed by atoms with Crippen molar-refractivity contribution in [3.63, 3.8) is 0 Å². The van der Waals surface area contributed by atoms with Gasteiger partial charge < -0.3 is 30.6 Å². The number of hydrogen-bond acceptors (Lipinski definition) is 12. The van der Waals surface area contributed by atoms with E-state index >= 15 is 0 Å². The van der Waals surface area contributed by atoms with Gasteiger partial charge in [-0.05, 0) is 72.8 Å². The van der Waals surface area contributed by atoms with Crippen LogP contribution in [-0.2, 0) is 19.8 Å². The monoisotopic (exact) mass is 922 g/mol. The van der Waals surface area contributed by atoms with Gasteiger partial charge in [0.1, 0.15) is 0 Å². The first kappa shape index (κ1) is 40.1. The van der Waals surface area contributed by atoms with Crippen LogP contribution in [0.5, 0.6) is 0 Å². The summed E-state index contributed by atoms with van der Waals surface area (Å²) in [6, 6.07) is 15.1. The standard InChI is InChI=1S/C24H14N4O8.C12H8N2O4.Os/c29-21(30)11-1-3-25-15(5-11)17-7-13(23(33)34)9-19(27-17)20-10-14(24(35)36)8-18(28-20)16-6-12(22(31)32)2-4-26-16;15-11(16)7-1-3-13-9(5-7)10-6-8(12(17)18)2-4-14-10;/h1-10H,(H,29,30)(H,31,32)(H,33,34)(H,35,36);1-6H,(H,15,16)(H,17,18);. The predicted molar refractivity (Wildman–Crippen MR) is 183 cm³/mol. The normalized spacial score (nSPS) is 10.2. The number of aromatic carboxylic acids is 6. The minimum Gasteiger partial charge on any atom is -0.478 e. The Morgan fingerprint density at radius 2 is 0.491 bits per heavy atom. The van der Waals surface area contributed by atoms with E-state index < -0.39 is 35.8 Å². The average molecular weight is 921 g/mol. The van der Waals surface area contributed by atoms with Gasteiger partial charge in [0.15, 0.2) is 0 Å². The van der Waals surface area contributed by atoms with Gasteiger partial charge in [-0.3, -0.25) is 19.9 Å². The van der Waals surface area contributed by atoms with Crippen LogP contribution in [0, 0.1) is 0 Å². The summed E-state index contributed by atoms with van der Waals surface area (Å²) in [6.45, 7) is 0. The largest absolute Gasteiger partial charge is 0.478 e. The van der Waals surface area contributed by atoms with Gasteiger partial charge in [-0.15, -0.1) is 0 Å². The molecule has 0 atom stereocenters. The van der Waals surface area contributed by atoms with Crippen LogP contribution >= 0.6 is 0 Å². The summed E-state index contributed by atoms with van der Waals surface area (Å²) in [5.74, 6) is -7.23. The molecule has 0 saturated heterocycles. The molecule has 19 heteroatoms. The maximum absolute atomic E-state index is 11.8. The molecular formula is C36H22N6O12Os. The smallest absolute Gasteiger partial charge is 0.335 e. The molecule has 0 aromatic carbocycles. The zero-order valence-corrected chi connectivity index (χ0v) is 29.9. The van der Waals surface area contributed by atoms with E-state index in [4.69, 9.17) is 10.2 Å². The van der Waals surface area contributed by atoms with Crippen LogP contribution in [0.15, 0.2) is 97.6 Å². The van der Waals surface area contributed by atoms with Crippen molar-refractivity contribution in [1.82, 2.24) is 29.9 Å². The molecule has 0 amide bonds. The predicted octanol–water partition coefficient (Wildman–Crippen LogP) is 4.60. The van der Waals surface area contributed by atoms with Crippen molar-refractivity contribution >= 4 is 35.8 Å². The quantitative estimate of drug-likeness (QED) is 0.109. The van der Waals surface area contributed by atoms with Gasteiger partial charge in [-0.2, -0.15) is 0 Å². The summed E-state index contributed by atoms with van der Waals surface area (Å²) >= 11 is 0. The Balaban J connectivity index is 0.000000298. The van der Waals surface area contributed by atoms with Gasteiger partial charge in [0.2, 0.25) is 0 Å². The number of carboxylic acids is 6. The second-order valence-corrected chi connectivity index (χ2v) is 10.8. The van der Waals surface area contributed by atoms with Crippen molar-refractivity contribution in [2.45, 2.75) is 0 Å². The molecule has 55 heavy (non-hydrogen) atoms. The minimum atomic E-state index is -1.32. The summed E-state index contributed by atoms with van der Waals surface area (Å²) in [6.07, 6.45) is 5.15. The van der Waals surface area contributed by atoms with E-state index in [2.05, 4.69) is 29.9 Å². The fourth-order valence-corrected chi connectivity index (χ4v) is 4.65. The zero-order valence-electron chi connectivity index (χ0n) is 27.4. The fourth-order valence-electron chi connectivity index (χ4n) is 4.65. The van der Waals surface area contributed by atoms with Crippen LogP contribution in [0.2, 0.25) is 0 Å². The van der Waals surface area contributed by atoms with Gasteiger partial charge >= 0.3 is 35.8 Å². The van der Waals surface area contributed by atoms with Crippen LogP contribution in [0.1, 0.15) is 62.1 Å². The number of hydrogen-bond donors (Lipinski definition) is 6. The van der Waals surface area contributed by atoms with Gasteiger partial charge in [0, 0.05) is 44.6 Å². The van der Waals surface area contributed by atoms with E-state index in [0.29, 0.717) is 11.4 Å². The van der Waals surface area contributed by atoms with Gasteiger partial charge in [0.05, 0.1) is 78.9 Å². The SMILES string of the molecule is O=C(O)c1ccnc(-c2cc(C(=O)O)cc(-c3cc(C(=O)O)cc(-c4cc(C(=O)O)ccn4)n3)n2)c1.O=C(O)c1ccnc(-c2cc(C(=O)O)ccn2)c1.[Os]. The molecule has 0 aliphatic rings. The van der Waals surface area contributed by atoms with Gasteiger partial charge in [-0.1, -0.05) is 0 Å². The second kappa shape index (κ2) is 17.2. The number of nitrogens with zero attached hydrogens (tertiary/aromatic N) is 6. The van der Waals surface area contributed by atoms with Crippen molar-refractivity contribution in [2.75, 3.05) is 0 Å². The summed E-state index contributed by atoms with van der Waals surface area (Å²) in [4.78, 5) is 92.7. The Hall–Kier alpha value is -7.64. The molecule has 6 aromatic rings. The second-order valence-electron chi connectivity index (χ2n) is 10.8. The number of carboxylic acid groups (broad SMARTS) is 6. The molecule has 18 nitrogen and oxygen atoms in total. The van der Waals surface area contributed by atoms with Crippen LogP contribution in [0.3, 0.4) is 0 Å². The molecule has 0 unspecified atom stereocenters. The number of rotatable bonds is 10. The zero-order chi connectivity index (χ0) is 39.1. The van der Waals surface area contributed by atoms with E-state index in [-0.39, 0.29) is 87.3 Å². The Kier molecular flexibility index (Phi) is 12.6. The van der Waals surface area contributed by atoms with E-state index in [0.717, 1.165) is 0 Å². The van der Waals surface area contributed by atoms with E-state index in [1.54, 1.807) is 0 Å². The Labute approximate surface area is 320 Å². The number of pyridine rings is 6. The van der Waals surface area contributed by atoms with Crippen molar-refractivity contribution in [3.8, 4) is 45.6 Å². The molecule has 6 rings (SSSR count). The minimum absolute atomic E-state index is 0. The molecule has 0 spiro atoms. The Morgan fingerprint density at radius 1 is 0.309 bits per heavy atom.